The fraction of sp³-hybridized carbons (Fsp3) is 0.464. The van der Waals surface area contributed by atoms with Crippen LogP contribution in [0.5, 0.6) is 0 Å². The molecule has 7 heteroatoms. The van der Waals surface area contributed by atoms with Crippen LogP contribution in [0.3, 0.4) is 0 Å². The van der Waals surface area contributed by atoms with Gasteiger partial charge < -0.3 is 20.1 Å². The minimum Gasteiger partial charge on any atom is -0.481 e. The van der Waals surface area contributed by atoms with Gasteiger partial charge in [0.05, 0.1) is 6.42 Å². The number of hydrogen-bond acceptors (Lipinski definition) is 4. The zero-order valence-corrected chi connectivity index (χ0v) is 19.8. The number of hydrogen-bond donors (Lipinski definition) is 2. The number of carboxylic acids is 1. The van der Waals surface area contributed by atoms with Crippen LogP contribution in [0.4, 0.5) is 4.79 Å². The summed E-state index contributed by atoms with van der Waals surface area (Å²) in [6.07, 6.45) is 4.15. The molecule has 2 aliphatic carbocycles. The van der Waals surface area contributed by atoms with Crippen LogP contribution in [0.1, 0.15) is 62.0 Å². The van der Waals surface area contributed by atoms with E-state index in [1.165, 1.54) is 22.3 Å². The maximum absolute atomic E-state index is 13.1. The average Bonchev–Trinajstić information content (AvgIpc) is 3.45. The first kappa shape index (κ1) is 23.4. The molecule has 0 aromatic heterocycles. The van der Waals surface area contributed by atoms with Crippen molar-refractivity contribution >= 4 is 18.0 Å². The maximum Gasteiger partial charge on any atom is 0.407 e. The number of piperidine rings is 1. The van der Waals surface area contributed by atoms with Crippen LogP contribution in [0.2, 0.25) is 0 Å². The summed E-state index contributed by atoms with van der Waals surface area (Å²) in [6.45, 7) is 0.886. The molecule has 0 bridgehead atoms. The van der Waals surface area contributed by atoms with Gasteiger partial charge in [0.1, 0.15) is 6.61 Å². The normalized spacial score (nSPS) is 23.4. The SMILES string of the molecule is O=C(O)C[C@@H]1CCCCN1C(=O)[C@H]1CC[C@@H](NC(=O)OCC2c3ccccc3-c3ccccc32)C1. The van der Waals surface area contributed by atoms with Gasteiger partial charge in [0, 0.05) is 30.5 Å². The summed E-state index contributed by atoms with van der Waals surface area (Å²) < 4.78 is 5.66. The molecule has 2 N–H and O–H groups in total. The second kappa shape index (κ2) is 10.1. The van der Waals surface area contributed by atoms with Crippen molar-refractivity contribution in [3.8, 4) is 11.1 Å². The van der Waals surface area contributed by atoms with Gasteiger partial charge in [-0.1, -0.05) is 48.5 Å². The molecule has 5 rings (SSSR count). The molecule has 3 aliphatic rings. The van der Waals surface area contributed by atoms with Crippen molar-refractivity contribution in [3.63, 3.8) is 0 Å². The number of alkyl carbamates (subject to hydrolysis) is 1. The number of rotatable bonds is 6. The van der Waals surface area contributed by atoms with Crippen LogP contribution in [0, 0.1) is 5.92 Å². The second-order valence-corrected chi connectivity index (χ2v) is 9.96. The highest BCUT2D eigenvalue weighted by atomic mass is 16.5. The Balaban J connectivity index is 1.15. The summed E-state index contributed by atoms with van der Waals surface area (Å²) in [4.78, 5) is 38.8. The Morgan fingerprint density at radius 3 is 2.31 bits per heavy atom. The quantitative estimate of drug-likeness (QED) is 0.638. The van der Waals surface area contributed by atoms with Crippen molar-refractivity contribution in [3.05, 3.63) is 59.7 Å². The van der Waals surface area contributed by atoms with Crippen LogP contribution in [-0.4, -0.2) is 53.2 Å². The molecule has 1 saturated carbocycles. The summed E-state index contributed by atoms with van der Waals surface area (Å²) in [5.74, 6) is -0.997. The van der Waals surface area contributed by atoms with Crippen LogP contribution in [-0.2, 0) is 14.3 Å². The smallest absolute Gasteiger partial charge is 0.407 e. The van der Waals surface area contributed by atoms with E-state index in [-0.39, 0.29) is 42.9 Å². The molecule has 2 amide bonds. The highest BCUT2D eigenvalue weighted by Crippen LogP contribution is 2.44. The first-order valence-corrected chi connectivity index (χ1v) is 12.6. The fourth-order valence-electron chi connectivity index (χ4n) is 6.08. The Kier molecular flexibility index (Phi) is 6.75. The van der Waals surface area contributed by atoms with Crippen LogP contribution < -0.4 is 5.32 Å². The van der Waals surface area contributed by atoms with E-state index in [1.54, 1.807) is 4.90 Å². The van der Waals surface area contributed by atoms with Gasteiger partial charge in [0.25, 0.3) is 0 Å². The van der Waals surface area contributed by atoms with E-state index < -0.39 is 12.1 Å². The molecule has 1 aliphatic heterocycles. The first-order chi connectivity index (χ1) is 17.0. The number of fused-ring (bicyclic) bond motifs is 3. The standard InChI is InChI=1S/C28H32N2O5/c31-26(32)16-20-7-5-6-14-30(20)27(33)18-12-13-19(15-18)29-28(34)35-17-25-23-10-3-1-8-21(23)22-9-2-4-11-24(22)25/h1-4,8-11,18-20,25H,5-7,12-17H2,(H,29,34)(H,31,32)/t18-,19+,20-/m0/s1. The molecular weight excluding hydrogens is 444 g/mol. The van der Waals surface area contributed by atoms with Gasteiger partial charge in [-0.05, 0) is 60.8 Å². The van der Waals surface area contributed by atoms with Gasteiger partial charge in [0.15, 0.2) is 0 Å². The third-order valence-electron chi connectivity index (χ3n) is 7.77. The van der Waals surface area contributed by atoms with E-state index in [0.29, 0.717) is 19.4 Å². The number of carbonyl (C=O) groups is 3. The van der Waals surface area contributed by atoms with Crippen LogP contribution in [0.15, 0.2) is 48.5 Å². The van der Waals surface area contributed by atoms with Crippen LogP contribution in [0.25, 0.3) is 11.1 Å². The van der Waals surface area contributed by atoms with Gasteiger partial charge in [-0.25, -0.2) is 4.79 Å². The predicted molar refractivity (Wildman–Crippen MR) is 131 cm³/mol. The molecule has 2 aromatic rings. The molecule has 0 unspecified atom stereocenters. The van der Waals surface area contributed by atoms with Crippen molar-refractivity contribution in [2.45, 2.75) is 62.9 Å². The van der Waals surface area contributed by atoms with Crippen LogP contribution >= 0.6 is 0 Å². The number of aliphatic carboxylic acids is 1. The Hall–Kier alpha value is -3.35. The molecule has 2 fully saturated rings. The summed E-state index contributed by atoms with van der Waals surface area (Å²) in [5, 5.41) is 12.2. The monoisotopic (exact) mass is 476 g/mol. The fourth-order valence-corrected chi connectivity index (χ4v) is 6.08. The zero-order chi connectivity index (χ0) is 24.4. The summed E-state index contributed by atoms with van der Waals surface area (Å²) in [6, 6.07) is 16.1. The van der Waals surface area contributed by atoms with Gasteiger partial charge in [-0.3, -0.25) is 9.59 Å². The van der Waals surface area contributed by atoms with E-state index in [1.807, 2.05) is 24.3 Å². The molecule has 2 aromatic carbocycles. The highest BCUT2D eigenvalue weighted by molar-refractivity contribution is 5.81. The number of likely N-dealkylation sites (tertiary alicyclic amines) is 1. The number of amides is 2. The number of benzene rings is 2. The third kappa shape index (κ3) is 4.90. The molecule has 7 nitrogen and oxygen atoms in total. The van der Waals surface area contributed by atoms with Crippen molar-refractivity contribution in [2.75, 3.05) is 13.2 Å². The molecule has 0 radical (unpaired) electrons. The molecular formula is C28H32N2O5. The second-order valence-electron chi connectivity index (χ2n) is 9.96. The average molecular weight is 477 g/mol. The van der Waals surface area contributed by atoms with E-state index in [2.05, 4.69) is 29.6 Å². The molecule has 1 heterocycles. The molecule has 184 valence electrons. The largest absolute Gasteiger partial charge is 0.481 e. The number of carbonyl (C=O) groups excluding carboxylic acids is 2. The van der Waals surface area contributed by atoms with Gasteiger partial charge in [0.2, 0.25) is 5.91 Å². The van der Waals surface area contributed by atoms with E-state index in [4.69, 9.17) is 4.74 Å². The first-order valence-electron chi connectivity index (χ1n) is 12.6. The van der Waals surface area contributed by atoms with Gasteiger partial charge >= 0.3 is 12.1 Å². The predicted octanol–water partition coefficient (Wildman–Crippen LogP) is 4.55. The minimum atomic E-state index is -0.865. The van der Waals surface area contributed by atoms with Crippen molar-refractivity contribution in [2.24, 2.45) is 5.92 Å². The summed E-state index contributed by atoms with van der Waals surface area (Å²) >= 11 is 0. The number of carboxylic acid groups (broad SMARTS) is 1. The lowest BCUT2D eigenvalue weighted by Gasteiger charge is -2.36. The number of nitrogens with one attached hydrogen (secondary N) is 1. The highest BCUT2D eigenvalue weighted by Gasteiger charge is 2.37. The maximum atomic E-state index is 13.1. The summed E-state index contributed by atoms with van der Waals surface area (Å²) in [5.41, 5.74) is 4.72. The van der Waals surface area contributed by atoms with Crippen molar-refractivity contribution < 1.29 is 24.2 Å². The number of nitrogens with zero attached hydrogens (tertiary/aromatic N) is 1. The Labute approximate surface area is 205 Å². The van der Waals surface area contributed by atoms with E-state index >= 15 is 0 Å². The van der Waals surface area contributed by atoms with E-state index in [9.17, 15) is 19.5 Å². The molecule has 3 atom stereocenters. The molecule has 1 saturated heterocycles. The van der Waals surface area contributed by atoms with Gasteiger partial charge in [-0.15, -0.1) is 0 Å². The Morgan fingerprint density at radius 2 is 1.63 bits per heavy atom. The topological polar surface area (TPSA) is 95.9 Å². The lowest BCUT2D eigenvalue weighted by Crippen LogP contribution is -2.47. The number of ether oxygens (including phenoxy) is 1. The lowest BCUT2D eigenvalue weighted by atomic mass is 9.96. The Bertz CT molecular complexity index is 1070. The Morgan fingerprint density at radius 1 is 0.943 bits per heavy atom. The van der Waals surface area contributed by atoms with Crippen molar-refractivity contribution in [1.82, 2.24) is 10.2 Å². The van der Waals surface area contributed by atoms with Crippen molar-refractivity contribution in [1.29, 1.82) is 0 Å². The minimum absolute atomic E-state index is 0.000111. The third-order valence-corrected chi connectivity index (χ3v) is 7.77. The summed E-state index contributed by atoms with van der Waals surface area (Å²) in [7, 11) is 0. The molecule has 35 heavy (non-hydrogen) atoms. The van der Waals surface area contributed by atoms with E-state index in [0.717, 1.165) is 25.7 Å². The van der Waals surface area contributed by atoms with Gasteiger partial charge in [-0.2, -0.15) is 0 Å². The zero-order valence-electron chi connectivity index (χ0n) is 19.8. The molecule has 0 spiro atoms. The lowest BCUT2D eigenvalue weighted by molar-refractivity contribution is -0.143.